The zero-order chi connectivity index (χ0) is 14.4. The molecule has 1 aromatic heterocycles. The standard InChI is InChI=1S/C14H18N4OS/c1-3-18-9-8-11(17-18)10-15-14(20)16-12-6-4-5-7-13(12)19-2/h4-9H,3,10H2,1-2H3,(H2,15,16,20). The van der Waals surface area contributed by atoms with Crippen LogP contribution in [0.2, 0.25) is 0 Å². The fourth-order valence-corrected chi connectivity index (χ4v) is 1.94. The van der Waals surface area contributed by atoms with Gasteiger partial charge in [0, 0.05) is 12.7 Å². The van der Waals surface area contributed by atoms with Crippen molar-refractivity contribution in [2.24, 2.45) is 0 Å². The van der Waals surface area contributed by atoms with E-state index in [2.05, 4.69) is 22.7 Å². The van der Waals surface area contributed by atoms with E-state index in [-0.39, 0.29) is 0 Å². The van der Waals surface area contributed by atoms with Gasteiger partial charge in [-0.25, -0.2) is 0 Å². The number of benzene rings is 1. The minimum Gasteiger partial charge on any atom is -0.495 e. The van der Waals surface area contributed by atoms with Gasteiger partial charge in [0.15, 0.2) is 5.11 Å². The molecule has 0 spiro atoms. The van der Waals surface area contributed by atoms with E-state index in [0.717, 1.165) is 23.7 Å². The summed E-state index contributed by atoms with van der Waals surface area (Å²) in [4.78, 5) is 0. The van der Waals surface area contributed by atoms with Gasteiger partial charge in [-0.3, -0.25) is 4.68 Å². The van der Waals surface area contributed by atoms with Crippen LogP contribution in [0.15, 0.2) is 36.5 Å². The number of nitrogens with zero attached hydrogens (tertiary/aromatic N) is 2. The van der Waals surface area contributed by atoms with Gasteiger partial charge in [0.1, 0.15) is 5.75 Å². The van der Waals surface area contributed by atoms with Gasteiger partial charge in [-0.05, 0) is 37.3 Å². The molecule has 0 bridgehead atoms. The number of aryl methyl sites for hydroxylation is 1. The molecular weight excluding hydrogens is 272 g/mol. The predicted octanol–water partition coefficient (Wildman–Crippen LogP) is 2.40. The van der Waals surface area contributed by atoms with Crippen LogP contribution in [0.5, 0.6) is 5.75 Å². The second kappa shape index (κ2) is 6.91. The van der Waals surface area contributed by atoms with Gasteiger partial charge < -0.3 is 15.4 Å². The van der Waals surface area contributed by atoms with E-state index >= 15 is 0 Å². The molecular formula is C14H18N4OS. The molecule has 5 nitrogen and oxygen atoms in total. The number of para-hydroxylation sites is 2. The smallest absolute Gasteiger partial charge is 0.171 e. The van der Waals surface area contributed by atoms with Crippen LogP contribution in [-0.4, -0.2) is 22.0 Å². The molecule has 1 aromatic carbocycles. The van der Waals surface area contributed by atoms with E-state index < -0.39 is 0 Å². The highest BCUT2D eigenvalue weighted by Gasteiger charge is 2.04. The topological polar surface area (TPSA) is 51.1 Å². The maximum absolute atomic E-state index is 5.27. The maximum Gasteiger partial charge on any atom is 0.171 e. The summed E-state index contributed by atoms with van der Waals surface area (Å²) in [6.07, 6.45) is 1.95. The average Bonchev–Trinajstić information content (AvgIpc) is 2.94. The Kier molecular flexibility index (Phi) is 4.95. The molecule has 0 saturated carbocycles. The molecule has 20 heavy (non-hydrogen) atoms. The van der Waals surface area contributed by atoms with E-state index in [4.69, 9.17) is 17.0 Å². The molecule has 0 fully saturated rings. The molecule has 106 valence electrons. The summed E-state index contributed by atoms with van der Waals surface area (Å²) in [5.74, 6) is 0.756. The Bertz CT molecular complexity index is 582. The van der Waals surface area contributed by atoms with Gasteiger partial charge in [0.05, 0.1) is 25.0 Å². The summed E-state index contributed by atoms with van der Waals surface area (Å²) >= 11 is 5.27. The van der Waals surface area contributed by atoms with Crippen molar-refractivity contribution < 1.29 is 4.74 Å². The Hall–Kier alpha value is -2.08. The monoisotopic (exact) mass is 290 g/mol. The molecule has 0 atom stereocenters. The lowest BCUT2D eigenvalue weighted by molar-refractivity contribution is 0.417. The molecule has 0 aliphatic carbocycles. The number of ether oxygens (including phenoxy) is 1. The Balaban J connectivity index is 1.89. The Morgan fingerprint density at radius 3 is 2.85 bits per heavy atom. The van der Waals surface area contributed by atoms with E-state index in [9.17, 15) is 0 Å². The molecule has 0 amide bonds. The lowest BCUT2D eigenvalue weighted by atomic mass is 10.3. The molecule has 0 saturated heterocycles. The summed E-state index contributed by atoms with van der Waals surface area (Å²) in [7, 11) is 1.63. The SMILES string of the molecule is CCn1ccc(CNC(=S)Nc2ccccc2OC)n1. The van der Waals surface area contributed by atoms with Gasteiger partial charge in [0.25, 0.3) is 0 Å². The predicted molar refractivity (Wildman–Crippen MR) is 84.0 cm³/mol. The summed E-state index contributed by atoms with van der Waals surface area (Å²) in [5, 5.41) is 11.2. The number of hydrogen-bond donors (Lipinski definition) is 2. The summed E-state index contributed by atoms with van der Waals surface area (Å²) in [6, 6.07) is 9.61. The summed E-state index contributed by atoms with van der Waals surface area (Å²) in [6.45, 7) is 3.51. The first-order chi connectivity index (χ1) is 9.72. The third-order valence-corrected chi connectivity index (χ3v) is 3.05. The minimum atomic E-state index is 0.542. The van der Waals surface area contributed by atoms with Gasteiger partial charge in [-0.1, -0.05) is 12.1 Å². The maximum atomic E-state index is 5.27. The molecule has 6 heteroatoms. The summed E-state index contributed by atoms with van der Waals surface area (Å²) in [5.41, 5.74) is 1.79. The molecule has 1 heterocycles. The highest BCUT2D eigenvalue weighted by atomic mass is 32.1. The van der Waals surface area contributed by atoms with E-state index in [1.165, 1.54) is 0 Å². The first-order valence-corrected chi connectivity index (χ1v) is 6.84. The number of hydrogen-bond acceptors (Lipinski definition) is 3. The van der Waals surface area contributed by atoms with Gasteiger partial charge >= 0.3 is 0 Å². The van der Waals surface area contributed by atoms with Crippen molar-refractivity contribution in [2.75, 3.05) is 12.4 Å². The van der Waals surface area contributed by atoms with Crippen molar-refractivity contribution in [3.05, 3.63) is 42.2 Å². The van der Waals surface area contributed by atoms with Crippen LogP contribution >= 0.6 is 12.2 Å². The van der Waals surface area contributed by atoms with Crippen molar-refractivity contribution in [1.82, 2.24) is 15.1 Å². The Labute approximate surface area is 123 Å². The fraction of sp³-hybridized carbons (Fsp3) is 0.286. The zero-order valence-electron chi connectivity index (χ0n) is 11.6. The normalized spacial score (nSPS) is 10.1. The van der Waals surface area contributed by atoms with Crippen molar-refractivity contribution in [3.8, 4) is 5.75 Å². The fourth-order valence-electron chi connectivity index (χ4n) is 1.76. The molecule has 0 aliphatic rings. The zero-order valence-corrected chi connectivity index (χ0v) is 12.4. The third-order valence-electron chi connectivity index (χ3n) is 2.81. The van der Waals surface area contributed by atoms with Gasteiger partial charge in [-0.2, -0.15) is 5.10 Å². The van der Waals surface area contributed by atoms with Crippen LogP contribution in [-0.2, 0) is 13.1 Å². The third kappa shape index (κ3) is 3.71. The molecule has 2 rings (SSSR count). The Morgan fingerprint density at radius 2 is 2.15 bits per heavy atom. The number of anilines is 1. The van der Waals surface area contributed by atoms with Crippen molar-refractivity contribution in [3.63, 3.8) is 0 Å². The van der Waals surface area contributed by atoms with E-state index in [1.807, 2.05) is 41.2 Å². The number of nitrogens with one attached hydrogen (secondary N) is 2. The van der Waals surface area contributed by atoms with Crippen LogP contribution in [0, 0.1) is 0 Å². The van der Waals surface area contributed by atoms with E-state index in [0.29, 0.717) is 11.7 Å². The van der Waals surface area contributed by atoms with Gasteiger partial charge in [-0.15, -0.1) is 0 Å². The lowest BCUT2D eigenvalue weighted by Gasteiger charge is -2.12. The van der Waals surface area contributed by atoms with Crippen LogP contribution in [0.1, 0.15) is 12.6 Å². The average molecular weight is 290 g/mol. The van der Waals surface area contributed by atoms with Gasteiger partial charge in [0.2, 0.25) is 0 Å². The highest BCUT2D eigenvalue weighted by molar-refractivity contribution is 7.80. The minimum absolute atomic E-state index is 0.542. The van der Waals surface area contributed by atoms with Crippen LogP contribution in [0.25, 0.3) is 0 Å². The molecule has 0 unspecified atom stereocenters. The van der Waals surface area contributed by atoms with Crippen molar-refractivity contribution in [1.29, 1.82) is 0 Å². The lowest BCUT2D eigenvalue weighted by Crippen LogP contribution is -2.28. The largest absolute Gasteiger partial charge is 0.495 e. The van der Waals surface area contributed by atoms with E-state index in [1.54, 1.807) is 7.11 Å². The van der Waals surface area contributed by atoms with Crippen LogP contribution in [0.3, 0.4) is 0 Å². The summed E-state index contributed by atoms with van der Waals surface area (Å²) < 4.78 is 7.14. The number of rotatable bonds is 5. The number of methoxy groups -OCH3 is 1. The second-order valence-electron chi connectivity index (χ2n) is 4.17. The quantitative estimate of drug-likeness (QED) is 0.828. The Morgan fingerprint density at radius 1 is 1.35 bits per heavy atom. The second-order valence-corrected chi connectivity index (χ2v) is 4.58. The molecule has 2 aromatic rings. The van der Waals surface area contributed by atoms with Crippen LogP contribution < -0.4 is 15.4 Å². The molecule has 2 N–H and O–H groups in total. The number of aromatic nitrogens is 2. The molecule has 0 radical (unpaired) electrons. The van der Waals surface area contributed by atoms with Crippen molar-refractivity contribution in [2.45, 2.75) is 20.0 Å². The van der Waals surface area contributed by atoms with Crippen LogP contribution in [0.4, 0.5) is 5.69 Å². The molecule has 0 aliphatic heterocycles. The number of thiocarbonyl (C=S) groups is 1. The first kappa shape index (κ1) is 14.3. The first-order valence-electron chi connectivity index (χ1n) is 6.43. The van der Waals surface area contributed by atoms with Crippen molar-refractivity contribution >= 4 is 23.0 Å². The highest BCUT2D eigenvalue weighted by Crippen LogP contribution is 2.22.